The van der Waals surface area contributed by atoms with E-state index in [1.54, 1.807) is 7.11 Å². The number of allylic oxidation sites excluding steroid dienone is 1. The molecule has 25 heavy (non-hydrogen) atoms. The van der Waals surface area contributed by atoms with E-state index in [9.17, 15) is 4.79 Å². The quantitative estimate of drug-likeness (QED) is 0.240. The van der Waals surface area contributed by atoms with E-state index in [4.69, 9.17) is 32.7 Å². The summed E-state index contributed by atoms with van der Waals surface area (Å²) in [5.74, 6) is 0.438. The summed E-state index contributed by atoms with van der Waals surface area (Å²) in [5, 5.41) is 0. The number of carbonyl (C=O) groups excluding carboxylic acids is 1. The van der Waals surface area contributed by atoms with Crippen molar-refractivity contribution in [1.29, 1.82) is 0 Å². The van der Waals surface area contributed by atoms with E-state index in [0.717, 1.165) is 10.5 Å². The van der Waals surface area contributed by atoms with Crippen molar-refractivity contribution < 1.29 is 56.9 Å². The Kier molecular flexibility index (Phi) is 42.1. The summed E-state index contributed by atoms with van der Waals surface area (Å²) in [6.07, 6.45) is 4.91. The standard InChI is InChI=1S/C11H16O3.5CO.W/c1-8-5-4-6-11(14-9(2)12)10(8)7-13-3;5*1-2;/h4,6,8,10-11H,5H2,1-3H3;;;;;;/t8-,10+,11-;;;;;;/m0....../s1. The average molecular weight is 520 g/mol. The van der Waals surface area contributed by atoms with E-state index in [2.05, 4.69) is 46.3 Å². The van der Waals surface area contributed by atoms with E-state index in [1.165, 1.54) is 26.3 Å². The molecule has 1 aliphatic rings. The Morgan fingerprint density at radius 3 is 1.76 bits per heavy atom. The maximum absolute atomic E-state index is 11.0. The predicted molar refractivity (Wildman–Crippen MR) is 73.6 cm³/mol. The third-order valence-corrected chi connectivity index (χ3v) is 4.15. The van der Waals surface area contributed by atoms with Crippen molar-refractivity contribution in [3.8, 4) is 0 Å². The number of methoxy groups -OCH3 is 1. The first kappa shape index (κ1) is 34.7. The van der Waals surface area contributed by atoms with E-state index >= 15 is 0 Å². The molecule has 0 fully saturated rings. The van der Waals surface area contributed by atoms with Crippen molar-refractivity contribution >= 4 is 10.1 Å². The van der Waals surface area contributed by atoms with Crippen LogP contribution in [0.25, 0.3) is 0 Å². The Hall–Kier alpha value is -1.57. The summed E-state index contributed by atoms with van der Waals surface area (Å²) in [6.45, 7) is 26.1. The maximum atomic E-state index is 11.0. The molecule has 0 N–H and O–H groups in total. The Bertz CT molecular complexity index is 438. The molecule has 0 bridgehead atoms. The Labute approximate surface area is 157 Å². The molecule has 0 spiro atoms. The second-order valence-corrected chi connectivity index (χ2v) is 5.21. The molecule has 0 aliphatic heterocycles. The summed E-state index contributed by atoms with van der Waals surface area (Å²) in [7, 11) is 1.68. The van der Waals surface area contributed by atoms with Crippen molar-refractivity contribution in [3.63, 3.8) is 0 Å². The van der Waals surface area contributed by atoms with Crippen LogP contribution in [0.5, 0.6) is 0 Å². The Morgan fingerprint density at radius 1 is 1.04 bits per heavy atom. The van der Waals surface area contributed by atoms with Gasteiger partial charge in [0.25, 0.3) is 0 Å². The molecule has 1 aliphatic carbocycles. The molecule has 0 amide bonds. The van der Waals surface area contributed by atoms with E-state index in [1.807, 2.05) is 6.08 Å². The third kappa shape index (κ3) is 18.6. The molecule has 0 radical (unpaired) electrons. The number of rotatable bonds is 3. The van der Waals surface area contributed by atoms with E-state index in [-0.39, 0.29) is 18.0 Å². The SMILES string of the molecule is CO[C](=[W])[C@H]1[C@@H](OC(C)=O)C=CC[C@@H]1C.[C-]#[O+].[C-]#[O+].[C-]#[O+].[C-]#[O+].[C-]#[O+]. The van der Waals surface area contributed by atoms with Gasteiger partial charge in [-0.05, 0) is 0 Å². The summed E-state index contributed by atoms with van der Waals surface area (Å²) >= 11 is 1.30. The first-order valence-electron chi connectivity index (χ1n) is 6.00. The van der Waals surface area contributed by atoms with Gasteiger partial charge in [-0.25, -0.2) is 0 Å². The van der Waals surface area contributed by atoms with E-state index in [0.29, 0.717) is 5.92 Å². The molecular formula is C16H16O8W. The van der Waals surface area contributed by atoms with Gasteiger partial charge in [0.05, 0.1) is 0 Å². The van der Waals surface area contributed by atoms with Crippen molar-refractivity contribution in [3.05, 3.63) is 45.4 Å². The average Bonchev–Trinajstić information content (AvgIpc) is 2.69. The van der Waals surface area contributed by atoms with Crippen LogP contribution in [-0.2, 0) is 56.9 Å². The van der Waals surface area contributed by atoms with Crippen molar-refractivity contribution in [2.24, 2.45) is 11.8 Å². The topological polar surface area (TPSA) is 135 Å². The van der Waals surface area contributed by atoms with Crippen molar-refractivity contribution in [1.82, 2.24) is 0 Å². The number of esters is 1. The van der Waals surface area contributed by atoms with Crippen LogP contribution in [0.3, 0.4) is 0 Å². The number of ether oxygens (including phenoxy) is 2. The minimum atomic E-state index is -0.234. The molecule has 1 rings (SSSR count). The third-order valence-electron chi connectivity index (χ3n) is 2.58. The molecule has 0 saturated carbocycles. The summed E-state index contributed by atoms with van der Waals surface area (Å²) in [6, 6.07) is 0. The van der Waals surface area contributed by atoms with Gasteiger partial charge < -0.3 is 0 Å². The molecular weight excluding hydrogens is 504 g/mol. The van der Waals surface area contributed by atoms with Gasteiger partial charge in [0.1, 0.15) is 0 Å². The molecule has 9 heteroatoms. The second kappa shape index (κ2) is 30.3. The fraction of sp³-hybridized carbons (Fsp3) is 0.438. The normalized spacial score (nSPS) is 18.4. The second-order valence-electron chi connectivity index (χ2n) is 3.76. The monoisotopic (exact) mass is 520 g/mol. The van der Waals surface area contributed by atoms with E-state index < -0.39 is 0 Å². The summed E-state index contributed by atoms with van der Waals surface area (Å²) in [4.78, 5) is 11.0. The molecule has 0 aromatic heterocycles. The van der Waals surface area contributed by atoms with Gasteiger partial charge in [0.2, 0.25) is 0 Å². The molecule has 134 valence electrons. The first-order valence-corrected chi connectivity index (χ1v) is 7.46. The molecule has 8 nitrogen and oxygen atoms in total. The molecule has 3 atom stereocenters. The van der Waals surface area contributed by atoms with Crippen LogP contribution in [0, 0.1) is 45.1 Å². The summed E-state index contributed by atoms with van der Waals surface area (Å²) < 4.78 is 49.1. The Morgan fingerprint density at radius 2 is 1.44 bits per heavy atom. The first-order chi connectivity index (χ1) is 12.1. The fourth-order valence-electron chi connectivity index (χ4n) is 1.82. The number of carbonyl (C=O) groups is 1. The van der Waals surface area contributed by atoms with Crippen LogP contribution in [0.4, 0.5) is 0 Å². The van der Waals surface area contributed by atoms with Gasteiger partial charge in [-0.2, -0.15) is 0 Å². The van der Waals surface area contributed by atoms with Crippen LogP contribution in [0.15, 0.2) is 12.2 Å². The Balaban J connectivity index is -0.000000114. The summed E-state index contributed by atoms with van der Waals surface area (Å²) in [5.41, 5.74) is 0. The fourth-order valence-corrected chi connectivity index (χ4v) is 3.14. The zero-order valence-electron chi connectivity index (χ0n) is 13.8. The van der Waals surface area contributed by atoms with Gasteiger partial charge in [-0.3, -0.25) is 0 Å². The van der Waals surface area contributed by atoms with Crippen LogP contribution < -0.4 is 0 Å². The van der Waals surface area contributed by atoms with Crippen LogP contribution in [0.2, 0.25) is 0 Å². The van der Waals surface area contributed by atoms with Crippen LogP contribution in [-0.4, -0.2) is 23.3 Å². The molecule has 0 aromatic rings. The van der Waals surface area contributed by atoms with Gasteiger partial charge in [-0.1, -0.05) is 0 Å². The van der Waals surface area contributed by atoms with Gasteiger partial charge in [-0.15, -0.1) is 0 Å². The molecule has 0 unspecified atom stereocenters. The predicted octanol–water partition coefficient (Wildman–Crippen LogP) is 1.27. The van der Waals surface area contributed by atoms with Crippen molar-refractivity contribution in [2.45, 2.75) is 26.4 Å². The zero-order chi connectivity index (χ0) is 21.4. The number of hydrogen-bond donors (Lipinski definition) is 0. The number of hydrogen-bond acceptors (Lipinski definition) is 3. The van der Waals surface area contributed by atoms with Gasteiger partial charge in [0.15, 0.2) is 0 Å². The minimum absolute atomic E-state index is 0.154. The van der Waals surface area contributed by atoms with Crippen LogP contribution in [0.1, 0.15) is 20.3 Å². The zero-order valence-corrected chi connectivity index (χ0v) is 16.7. The van der Waals surface area contributed by atoms with Crippen LogP contribution >= 0.6 is 0 Å². The van der Waals surface area contributed by atoms with Crippen molar-refractivity contribution in [2.75, 3.05) is 7.11 Å². The molecule has 0 heterocycles. The van der Waals surface area contributed by atoms with Gasteiger partial charge in [0, 0.05) is 0 Å². The molecule has 0 aromatic carbocycles. The molecule has 0 saturated heterocycles. The van der Waals surface area contributed by atoms with Gasteiger partial charge >= 0.3 is 158 Å².